The zero-order valence-electron chi connectivity index (χ0n) is 22.4. The third-order valence-corrected chi connectivity index (χ3v) is 6.06. The van der Waals surface area contributed by atoms with E-state index in [1.807, 2.05) is 0 Å². The molecule has 1 heterocycles. The van der Waals surface area contributed by atoms with Crippen molar-refractivity contribution in [3.63, 3.8) is 0 Å². The van der Waals surface area contributed by atoms with E-state index in [4.69, 9.17) is 14.2 Å². The quantitative estimate of drug-likeness (QED) is 0.180. The molecule has 0 spiro atoms. The van der Waals surface area contributed by atoms with Gasteiger partial charge in [0.2, 0.25) is 0 Å². The maximum Gasteiger partial charge on any atom is 0.471 e. The van der Waals surface area contributed by atoms with Crippen LogP contribution in [-0.2, 0) is 28.6 Å². The predicted octanol–water partition coefficient (Wildman–Crippen LogP) is 3.52. The fourth-order valence-electron chi connectivity index (χ4n) is 4.14. The number of carbonyl (C=O) groups is 3. The third-order valence-electron chi connectivity index (χ3n) is 6.06. The summed E-state index contributed by atoms with van der Waals surface area (Å²) >= 11 is 0. The molecule has 0 aromatic rings. The van der Waals surface area contributed by atoms with Crippen LogP contribution in [0.5, 0.6) is 0 Å². The third kappa shape index (κ3) is 14.4. The summed E-state index contributed by atoms with van der Waals surface area (Å²) < 4.78 is 129. The largest absolute Gasteiger partial charge is 0.471 e. The van der Waals surface area contributed by atoms with Crippen molar-refractivity contribution in [1.29, 1.82) is 0 Å². The number of hydrogen-bond donors (Lipinski definition) is 3. The van der Waals surface area contributed by atoms with Crippen molar-refractivity contribution >= 4 is 17.7 Å². The van der Waals surface area contributed by atoms with Crippen molar-refractivity contribution in [3.8, 4) is 0 Å². The van der Waals surface area contributed by atoms with Crippen LogP contribution in [0.4, 0.5) is 39.5 Å². The van der Waals surface area contributed by atoms with E-state index >= 15 is 0 Å². The zero-order valence-corrected chi connectivity index (χ0v) is 22.4. The van der Waals surface area contributed by atoms with Gasteiger partial charge in [-0.2, -0.15) is 39.5 Å². The molecule has 0 saturated carbocycles. The topological polar surface area (TPSA) is 115 Å². The monoisotopic (exact) mass is 619 g/mol. The van der Waals surface area contributed by atoms with Gasteiger partial charge in [0.15, 0.2) is 5.79 Å². The summed E-state index contributed by atoms with van der Waals surface area (Å²) in [6, 6.07) is 0. The highest BCUT2D eigenvalue weighted by Gasteiger charge is 2.41. The molecule has 3 amide bonds. The van der Waals surface area contributed by atoms with Gasteiger partial charge in [-0.15, -0.1) is 0 Å². The summed E-state index contributed by atoms with van der Waals surface area (Å²) in [7, 11) is 0. The van der Waals surface area contributed by atoms with Gasteiger partial charge in [-0.3, -0.25) is 14.4 Å². The van der Waals surface area contributed by atoms with Crippen molar-refractivity contribution in [1.82, 2.24) is 16.0 Å². The van der Waals surface area contributed by atoms with Gasteiger partial charge in [0.05, 0.1) is 19.8 Å². The summed E-state index contributed by atoms with van der Waals surface area (Å²) in [6.45, 7) is 2.08. The Bertz CT molecular complexity index is 780. The first kappa shape index (κ1) is 36.7. The second kappa shape index (κ2) is 15.2. The van der Waals surface area contributed by atoms with Crippen molar-refractivity contribution < 1.29 is 68.1 Å². The molecule has 41 heavy (non-hydrogen) atoms. The molecule has 1 atom stereocenters. The molecule has 1 saturated heterocycles. The van der Waals surface area contributed by atoms with Gasteiger partial charge in [0.1, 0.15) is 6.10 Å². The molecule has 0 radical (unpaired) electrons. The standard InChI is InChI=1S/C23H34F9N3O6/c1-19(2)40-13-15(41-19)12-39-14-20(6-3-9-33-16(36)21(24,25)26,7-4-10-34-17(37)22(27,28)29)8-5-11-35-18(38)23(30,31)32/h15H,3-14H2,1-2H3,(H,33,36)(H,34,37)(H,35,38). The molecule has 1 fully saturated rings. The highest BCUT2D eigenvalue weighted by molar-refractivity contribution is 5.82. The van der Waals surface area contributed by atoms with E-state index in [0.29, 0.717) is 0 Å². The molecule has 1 aliphatic heterocycles. The maximum atomic E-state index is 12.5. The molecular weight excluding hydrogens is 585 g/mol. The van der Waals surface area contributed by atoms with Crippen LogP contribution in [-0.4, -0.2) is 87.6 Å². The molecule has 0 aliphatic carbocycles. The zero-order chi connectivity index (χ0) is 31.5. The SMILES string of the molecule is CC1(C)OCC(COCC(CCCNC(=O)C(F)(F)F)(CCCNC(=O)C(F)(F)F)CCCNC(=O)C(F)(F)F)O1. The molecule has 9 nitrogen and oxygen atoms in total. The van der Waals surface area contributed by atoms with E-state index in [1.165, 1.54) is 0 Å². The minimum atomic E-state index is -5.12. The fraction of sp³-hybridized carbons (Fsp3) is 0.870. The lowest BCUT2D eigenvalue weighted by Crippen LogP contribution is -2.39. The number of rotatable bonds is 16. The smallest absolute Gasteiger partial charge is 0.378 e. The van der Waals surface area contributed by atoms with Crippen molar-refractivity contribution in [2.24, 2.45) is 5.41 Å². The van der Waals surface area contributed by atoms with Gasteiger partial charge in [0, 0.05) is 19.6 Å². The number of alkyl halides is 9. The fourth-order valence-corrected chi connectivity index (χ4v) is 4.14. The molecular formula is C23H34F9N3O6. The van der Waals surface area contributed by atoms with E-state index < -0.39 is 73.2 Å². The Morgan fingerprint density at radius 1 is 0.732 bits per heavy atom. The van der Waals surface area contributed by atoms with Gasteiger partial charge >= 0.3 is 36.3 Å². The van der Waals surface area contributed by atoms with Crippen molar-refractivity contribution in [2.45, 2.75) is 82.8 Å². The molecule has 240 valence electrons. The highest BCUT2D eigenvalue weighted by Crippen LogP contribution is 2.36. The molecule has 3 N–H and O–H groups in total. The molecule has 1 aliphatic rings. The minimum Gasteiger partial charge on any atom is -0.378 e. The Labute approximate surface area is 230 Å². The normalized spacial score (nSPS) is 17.8. The van der Waals surface area contributed by atoms with Gasteiger partial charge in [-0.05, 0) is 57.8 Å². The van der Waals surface area contributed by atoms with E-state index in [-0.39, 0.29) is 58.3 Å². The van der Waals surface area contributed by atoms with Crippen LogP contribution in [0.2, 0.25) is 0 Å². The van der Waals surface area contributed by atoms with Crippen LogP contribution < -0.4 is 16.0 Å². The van der Waals surface area contributed by atoms with Crippen LogP contribution >= 0.6 is 0 Å². The van der Waals surface area contributed by atoms with Crippen LogP contribution in [0.1, 0.15) is 52.4 Å². The molecule has 18 heteroatoms. The van der Waals surface area contributed by atoms with Gasteiger partial charge in [-0.25, -0.2) is 0 Å². The van der Waals surface area contributed by atoms with Gasteiger partial charge in [0.25, 0.3) is 0 Å². The second-order valence-electron chi connectivity index (χ2n) is 10.0. The first-order chi connectivity index (χ1) is 18.7. The molecule has 0 aromatic heterocycles. The van der Waals surface area contributed by atoms with Gasteiger partial charge < -0.3 is 30.2 Å². The van der Waals surface area contributed by atoms with Crippen LogP contribution in [0.3, 0.4) is 0 Å². The molecule has 1 rings (SSSR count). The second-order valence-corrected chi connectivity index (χ2v) is 10.0. The first-order valence-corrected chi connectivity index (χ1v) is 12.6. The predicted molar refractivity (Wildman–Crippen MR) is 123 cm³/mol. The molecule has 0 bridgehead atoms. The van der Waals surface area contributed by atoms with Crippen LogP contribution in [0.25, 0.3) is 0 Å². The summed E-state index contributed by atoms with van der Waals surface area (Å²) in [5.41, 5.74) is -1.02. The number of hydrogen-bond acceptors (Lipinski definition) is 6. The summed E-state index contributed by atoms with van der Waals surface area (Å²) in [5, 5.41) is 5.09. The number of ether oxygens (including phenoxy) is 3. The van der Waals surface area contributed by atoms with Gasteiger partial charge in [-0.1, -0.05) is 0 Å². The number of amides is 3. The summed E-state index contributed by atoms with van der Waals surface area (Å²) in [4.78, 5) is 33.4. The number of carbonyl (C=O) groups excluding carboxylic acids is 3. The lowest BCUT2D eigenvalue weighted by Gasteiger charge is -2.35. The van der Waals surface area contributed by atoms with Crippen molar-refractivity contribution in [3.05, 3.63) is 0 Å². The lowest BCUT2D eigenvalue weighted by atomic mass is 9.75. The Morgan fingerprint density at radius 2 is 1.10 bits per heavy atom. The highest BCUT2D eigenvalue weighted by atomic mass is 19.4. The maximum absolute atomic E-state index is 12.5. The van der Waals surface area contributed by atoms with Crippen molar-refractivity contribution in [2.75, 3.05) is 39.5 Å². The Morgan fingerprint density at radius 3 is 1.39 bits per heavy atom. The van der Waals surface area contributed by atoms with E-state index in [0.717, 1.165) is 0 Å². The Kier molecular flexibility index (Phi) is 13.6. The number of halogens is 9. The average molecular weight is 620 g/mol. The Hall–Kier alpha value is -2.34. The number of nitrogens with one attached hydrogen (secondary N) is 3. The Balaban J connectivity index is 2.94. The average Bonchev–Trinajstić information content (AvgIpc) is 3.18. The van der Waals surface area contributed by atoms with Crippen LogP contribution in [0, 0.1) is 5.41 Å². The molecule has 0 aromatic carbocycles. The lowest BCUT2D eigenvalue weighted by molar-refractivity contribution is -0.173. The van der Waals surface area contributed by atoms with E-state index in [2.05, 4.69) is 0 Å². The first-order valence-electron chi connectivity index (χ1n) is 12.6. The van der Waals surface area contributed by atoms with Crippen LogP contribution in [0.15, 0.2) is 0 Å². The molecule has 1 unspecified atom stereocenters. The van der Waals surface area contributed by atoms with E-state index in [1.54, 1.807) is 29.8 Å². The summed E-state index contributed by atoms with van der Waals surface area (Å²) in [5.74, 6) is -7.41. The summed E-state index contributed by atoms with van der Waals surface area (Å²) in [6.07, 6.45) is -15.9. The van der Waals surface area contributed by atoms with E-state index in [9.17, 15) is 53.9 Å². The minimum absolute atomic E-state index is 0.00832.